The van der Waals surface area contributed by atoms with E-state index in [1.807, 2.05) is 6.92 Å². The number of hydrogen-bond donors (Lipinski definition) is 2. The molecule has 0 bridgehead atoms. The first kappa shape index (κ1) is 20.2. The highest BCUT2D eigenvalue weighted by Gasteiger charge is 2.10. The van der Waals surface area contributed by atoms with Crippen LogP contribution in [0.1, 0.15) is 17.3 Å². The van der Waals surface area contributed by atoms with E-state index >= 15 is 0 Å². The number of rotatable bonds is 12. The molecule has 0 saturated carbocycles. The van der Waals surface area contributed by atoms with Crippen LogP contribution in [0.3, 0.4) is 0 Å². The van der Waals surface area contributed by atoms with Crippen molar-refractivity contribution in [3.05, 3.63) is 40.3 Å². The number of amides is 1. The Morgan fingerprint density at radius 1 is 1.40 bits per heavy atom. The van der Waals surface area contributed by atoms with E-state index in [1.54, 1.807) is 24.3 Å². The third-order valence-corrected chi connectivity index (χ3v) is 2.77. The average molecular weight is 352 g/mol. The van der Waals surface area contributed by atoms with Gasteiger partial charge in [-0.1, -0.05) is 11.2 Å². The van der Waals surface area contributed by atoms with E-state index < -0.39 is 18.8 Å². The number of nitrogens with one attached hydrogen (secondary N) is 1. The van der Waals surface area contributed by atoms with Crippen LogP contribution < -0.4 is 10.1 Å². The van der Waals surface area contributed by atoms with Gasteiger partial charge in [-0.05, 0) is 30.7 Å². The van der Waals surface area contributed by atoms with Crippen molar-refractivity contribution in [3.8, 4) is 5.75 Å². The van der Waals surface area contributed by atoms with Gasteiger partial charge in [-0.3, -0.25) is 4.79 Å². The van der Waals surface area contributed by atoms with Gasteiger partial charge in [0.25, 0.3) is 5.91 Å². The van der Waals surface area contributed by atoms with Gasteiger partial charge in [-0.25, -0.2) is 4.79 Å². The highest BCUT2D eigenvalue weighted by atomic mass is 16.6. The molecule has 1 amide bonds. The van der Waals surface area contributed by atoms with Gasteiger partial charge in [0.15, 0.2) is 6.23 Å². The Labute approximate surface area is 144 Å². The van der Waals surface area contributed by atoms with Crippen LogP contribution in [0, 0.1) is 0 Å². The molecule has 0 radical (unpaired) electrons. The predicted molar refractivity (Wildman–Crippen MR) is 87.3 cm³/mol. The molecular weight excluding hydrogens is 332 g/mol. The Hall–Kier alpha value is -2.81. The third kappa shape index (κ3) is 8.56. The molecule has 136 valence electrons. The fourth-order valence-corrected chi connectivity index (χ4v) is 1.73. The summed E-state index contributed by atoms with van der Waals surface area (Å²) in [6.07, 6.45) is -0.911. The highest BCUT2D eigenvalue weighted by Crippen LogP contribution is 2.14. The Balaban J connectivity index is 2.48. The van der Waals surface area contributed by atoms with Crippen molar-refractivity contribution in [1.29, 1.82) is 0 Å². The molecule has 1 unspecified atom stereocenters. The summed E-state index contributed by atoms with van der Waals surface area (Å²) in [5.74, 6) is -0.874. The Kier molecular flexibility index (Phi) is 9.46. The number of ether oxygens (including phenoxy) is 3. The molecule has 10 heteroatoms. The molecule has 10 nitrogen and oxygen atoms in total. The summed E-state index contributed by atoms with van der Waals surface area (Å²) in [5.41, 5.74) is 8.99. The molecule has 0 spiro atoms. The number of nitrogens with zero attached hydrogens (tertiary/aromatic N) is 3. The largest absolute Gasteiger partial charge is 0.491 e. The predicted octanol–water partition coefficient (Wildman–Crippen LogP) is 1.57. The fourth-order valence-electron chi connectivity index (χ4n) is 1.73. The van der Waals surface area contributed by atoms with Gasteiger partial charge in [0.2, 0.25) is 0 Å². The Morgan fingerprint density at radius 2 is 2.20 bits per heavy atom. The maximum absolute atomic E-state index is 11.8. The number of carbonyl (C=O) groups excluding carboxylic acids is 1. The minimum Gasteiger partial charge on any atom is -0.491 e. The van der Waals surface area contributed by atoms with Crippen molar-refractivity contribution >= 4 is 11.9 Å². The third-order valence-electron chi connectivity index (χ3n) is 2.77. The van der Waals surface area contributed by atoms with E-state index in [-0.39, 0.29) is 25.7 Å². The monoisotopic (exact) mass is 352 g/mol. The molecule has 1 rings (SSSR count). The van der Waals surface area contributed by atoms with Crippen LogP contribution in [0.25, 0.3) is 10.4 Å². The Bertz CT molecular complexity index is 618. The first-order valence-electron chi connectivity index (χ1n) is 7.53. The van der Waals surface area contributed by atoms with Crippen LogP contribution in [0.4, 0.5) is 0 Å². The summed E-state index contributed by atoms with van der Waals surface area (Å²) in [6.45, 7) is 1.91. The zero-order chi connectivity index (χ0) is 18.5. The SMILES string of the molecule is CCNC(=O)c1cccc(OCC(N=[N+]=[N-])OCCOCC(=O)O)c1. The van der Waals surface area contributed by atoms with Crippen LogP contribution in [0.2, 0.25) is 0 Å². The van der Waals surface area contributed by atoms with Crippen LogP contribution in [-0.4, -0.2) is 56.2 Å². The average Bonchev–Trinajstić information content (AvgIpc) is 2.59. The van der Waals surface area contributed by atoms with Crippen molar-refractivity contribution in [3.63, 3.8) is 0 Å². The summed E-state index contributed by atoms with van der Waals surface area (Å²) in [7, 11) is 0. The van der Waals surface area contributed by atoms with E-state index in [2.05, 4.69) is 15.3 Å². The molecule has 1 aromatic rings. The van der Waals surface area contributed by atoms with Gasteiger partial charge < -0.3 is 24.6 Å². The molecule has 1 atom stereocenters. The first-order chi connectivity index (χ1) is 12.1. The van der Waals surface area contributed by atoms with Gasteiger partial charge >= 0.3 is 5.97 Å². The molecule has 0 saturated heterocycles. The number of aliphatic carboxylic acids is 1. The first-order valence-corrected chi connectivity index (χ1v) is 7.53. The number of carboxylic acid groups (broad SMARTS) is 1. The molecule has 0 aromatic heterocycles. The van der Waals surface area contributed by atoms with E-state index in [1.165, 1.54) is 0 Å². The summed E-state index contributed by atoms with van der Waals surface area (Å²) in [5, 5.41) is 14.6. The standard InChI is InChI=1S/C15H20N4O6/c1-2-17-15(22)11-4-3-5-12(8-11)25-9-13(18-19-16)24-7-6-23-10-14(20)21/h3-5,8,13H,2,6-7,9-10H2,1H3,(H,17,22)(H,20,21). The van der Waals surface area contributed by atoms with Crippen molar-refractivity contribution in [1.82, 2.24) is 5.32 Å². The minimum atomic E-state index is -1.08. The number of hydrogen-bond acceptors (Lipinski definition) is 6. The lowest BCUT2D eigenvalue weighted by Gasteiger charge is -2.14. The smallest absolute Gasteiger partial charge is 0.329 e. The highest BCUT2D eigenvalue weighted by molar-refractivity contribution is 5.94. The molecule has 25 heavy (non-hydrogen) atoms. The van der Waals surface area contributed by atoms with Gasteiger partial charge in [-0.2, -0.15) is 0 Å². The molecule has 0 aliphatic heterocycles. The van der Waals surface area contributed by atoms with Crippen molar-refractivity contribution in [2.75, 3.05) is 33.0 Å². The second kappa shape index (κ2) is 11.7. The normalized spacial score (nSPS) is 11.2. The number of azide groups is 1. The quantitative estimate of drug-likeness (QED) is 0.253. The molecule has 0 heterocycles. The van der Waals surface area contributed by atoms with E-state index in [9.17, 15) is 9.59 Å². The Morgan fingerprint density at radius 3 is 2.88 bits per heavy atom. The molecule has 0 aliphatic rings. The molecule has 2 N–H and O–H groups in total. The molecule has 0 fully saturated rings. The number of carboxylic acids is 1. The summed E-state index contributed by atoms with van der Waals surface area (Å²) in [4.78, 5) is 24.7. The van der Waals surface area contributed by atoms with Crippen molar-refractivity contribution in [2.24, 2.45) is 5.11 Å². The van der Waals surface area contributed by atoms with Crippen LogP contribution in [0.5, 0.6) is 5.75 Å². The van der Waals surface area contributed by atoms with Gasteiger partial charge in [-0.15, -0.1) is 0 Å². The maximum Gasteiger partial charge on any atom is 0.329 e. The van der Waals surface area contributed by atoms with Crippen molar-refractivity contribution < 1.29 is 28.9 Å². The zero-order valence-corrected chi connectivity index (χ0v) is 13.8. The topological polar surface area (TPSA) is 143 Å². The van der Waals surface area contributed by atoms with Crippen molar-refractivity contribution in [2.45, 2.75) is 13.2 Å². The summed E-state index contributed by atoms with van der Waals surface area (Å²) >= 11 is 0. The van der Waals surface area contributed by atoms with E-state index in [0.717, 1.165) is 0 Å². The van der Waals surface area contributed by atoms with Crippen LogP contribution in [-0.2, 0) is 14.3 Å². The fraction of sp³-hybridized carbons (Fsp3) is 0.467. The van der Waals surface area contributed by atoms with Crippen LogP contribution >= 0.6 is 0 Å². The minimum absolute atomic E-state index is 0.0381. The second-order valence-corrected chi connectivity index (χ2v) is 4.67. The molecule has 0 aliphatic carbocycles. The zero-order valence-electron chi connectivity index (χ0n) is 13.8. The summed E-state index contributed by atoms with van der Waals surface area (Å²) < 4.78 is 15.5. The lowest BCUT2D eigenvalue weighted by molar-refractivity contribution is -0.143. The lowest BCUT2D eigenvalue weighted by atomic mass is 10.2. The van der Waals surface area contributed by atoms with E-state index in [4.69, 9.17) is 24.8 Å². The molecule has 1 aromatic carbocycles. The van der Waals surface area contributed by atoms with Gasteiger partial charge in [0.05, 0.1) is 13.2 Å². The second-order valence-electron chi connectivity index (χ2n) is 4.67. The van der Waals surface area contributed by atoms with Gasteiger partial charge in [0, 0.05) is 17.0 Å². The molecular formula is C15H20N4O6. The maximum atomic E-state index is 11.8. The lowest BCUT2D eigenvalue weighted by Crippen LogP contribution is -2.23. The number of benzene rings is 1. The van der Waals surface area contributed by atoms with E-state index in [0.29, 0.717) is 17.9 Å². The number of carbonyl (C=O) groups is 2. The van der Waals surface area contributed by atoms with Crippen LogP contribution in [0.15, 0.2) is 29.4 Å². The summed E-state index contributed by atoms with van der Waals surface area (Å²) in [6, 6.07) is 6.54. The van der Waals surface area contributed by atoms with Gasteiger partial charge in [0.1, 0.15) is 19.0 Å².